The van der Waals surface area contributed by atoms with Crippen molar-refractivity contribution in [2.24, 2.45) is 5.84 Å². The van der Waals surface area contributed by atoms with Gasteiger partial charge in [-0.15, -0.1) is 0 Å². The Kier molecular flexibility index (Phi) is 6.37. The van der Waals surface area contributed by atoms with Gasteiger partial charge in [0.25, 0.3) is 5.91 Å². The van der Waals surface area contributed by atoms with Gasteiger partial charge in [-0.25, -0.2) is 15.8 Å². The van der Waals surface area contributed by atoms with Gasteiger partial charge in [-0.1, -0.05) is 26.0 Å². The van der Waals surface area contributed by atoms with Gasteiger partial charge in [0.2, 0.25) is 5.95 Å². The summed E-state index contributed by atoms with van der Waals surface area (Å²) >= 11 is 0. The Morgan fingerprint density at radius 1 is 1.19 bits per heavy atom. The minimum absolute atomic E-state index is 0.190. The summed E-state index contributed by atoms with van der Waals surface area (Å²) in [6.07, 6.45) is 0.434. The number of nitrogen functional groups attached to an aromatic ring is 1. The molecular weight excluding hydrogens is 359 g/mol. The molecule has 9 heteroatoms. The smallest absolute Gasteiger partial charge is 0.345 e. The maximum absolute atomic E-state index is 13.0. The Morgan fingerprint density at radius 2 is 1.81 bits per heavy atom. The lowest BCUT2D eigenvalue weighted by molar-refractivity contribution is -0.137. The lowest BCUT2D eigenvalue weighted by Crippen LogP contribution is -2.42. The van der Waals surface area contributed by atoms with Crippen LogP contribution in [0.5, 0.6) is 0 Å². The lowest BCUT2D eigenvalue weighted by Gasteiger charge is -2.43. The molecule has 1 amide bonds. The molecule has 0 unspecified atom stereocenters. The van der Waals surface area contributed by atoms with Gasteiger partial charge in [0.15, 0.2) is 0 Å². The molecule has 1 heterocycles. The number of nitrogens with two attached hydrogens (primary N) is 1. The molecule has 0 atom stereocenters. The molecule has 1 aromatic heterocycles. The average molecular weight is 381 g/mol. The fraction of sp³-hybridized carbons (Fsp3) is 0.389. The summed E-state index contributed by atoms with van der Waals surface area (Å²) in [5.74, 6) is 4.75. The second kappa shape index (κ2) is 8.34. The highest BCUT2D eigenvalue weighted by molar-refractivity contribution is 5.93. The summed E-state index contributed by atoms with van der Waals surface area (Å²) in [5.41, 5.74) is 1.38. The van der Waals surface area contributed by atoms with E-state index in [1.165, 1.54) is 18.5 Å². The van der Waals surface area contributed by atoms with Gasteiger partial charge in [0.1, 0.15) is 0 Å². The first kappa shape index (κ1) is 20.6. The number of nitrogens with one attached hydrogen (secondary N) is 2. The highest BCUT2D eigenvalue weighted by atomic mass is 19.4. The van der Waals surface area contributed by atoms with E-state index in [9.17, 15) is 18.0 Å². The molecule has 2 aromatic rings. The molecule has 1 saturated carbocycles. The van der Waals surface area contributed by atoms with E-state index in [0.717, 1.165) is 18.6 Å². The Labute approximate surface area is 155 Å². The monoisotopic (exact) mass is 381 g/mol. The summed E-state index contributed by atoms with van der Waals surface area (Å²) in [6.45, 7) is 4.00. The molecule has 3 rings (SSSR count). The van der Waals surface area contributed by atoms with Crippen molar-refractivity contribution in [3.8, 4) is 0 Å². The molecule has 0 bridgehead atoms. The highest BCUT2D eigenvalue weighted by Crippen LogP contribution is 2.44. The SMILES string of the molecule is CC.NNC(=O)c1cnc(NC2(c3cccc(C(F)(F)F)c3)CCC2)nc1. The third-order valence-electron chi connectivity index (χ3n) is 4.35. The molecule has 0 aliphatic heterocycles. The zero-order chi connectivity index (χ0) is 20.1. The molecule has 0 spiro atoms. The van der Waals surface area contributed by atoms with E-state index in [0.29, 0.717) is 18.4 Å². The maximum atomic E-state index is 13.0. The fourth-order valence-electron chi connectivity index (χ4n) is 2.82. The number of carbonyl (C=O) groups excluding carboxylic acids is 1. The van der Waals surface area contributed by atoms with Crippen molar-refractivity contribution in [1.29, 1.82) is 0 Å². The van der Waals surface area contributed by atoms with E-state index in [1.807, 2.05) is 19.3 Å². The Hall–Kier alpha value is -2.68. The first-order valence-electron chi connectivity index (χ1n) is 8.63. The summed E-state index contributed by atoms with van der Waals surface area (Å²) in [5, 5.41) is 3.12. The van der Waals surface area contributed by atoms with Gasteiger partial charge < -0.3 is 5.32 Å². The molecular formula is C18H22F3N5O. The average Bonchev–Trinajstić information content (AvgIpc) is 2.65. The number of benzene rings is 1. The van der Waals surface area contributed by atoms with Crippen molar-refractivity contribution in [1.82, 2.24) is 15.4 Å². The first-order valence-corrected chi connectivity index (χ1v) is 8.63. The minimum atomic E-state index is -4.39. The number of carbonyl (C=O) groups is 1. The fourth-order valence-corrected chi connectivity index (χ4v) is 2.82. The van der Waals surface area contributed by atoms with E-state index in [4.69, 9.17) is 5.84 Å². The molecule has 0 saturated heterocycles. The van der Waals surface area contributed by atoms with E-state index in [-0.39, 0.29) is 11.5 Å². The summed E-state index contributed by atoms with van der Waals surface area (Å²) < 4.78 is 38.9. The van der Waals surface area contributed by atoms with Gasteiger partial charge in [-0.3, -0.25) is 10.2 Å². The van der Waals surface area contributed by atoms with Crippen LogP contribution in [-0.2, 0) is 11.7 Å². The zero-order valence-electron chi connectivity index (χ0n) is 15.1. The molecule has 4 N–H and O–H groups in total. The van der Waals surface area contributed by atoms with Crippen LogP contribution in [0.2, 0.25) is 0 Å². The van der Waals surface area contributed by atoms with Crippen molar-refractivity contribution in [2.45, 2.75) is 44.8 Å². The normalized spacial score (nSPS) is 15.0. The van der Waals surface area contributed by atoms with Crippen molar-refractivity contribution in [3.63, 3.8) is 0 Å². The Balaban J connectivity index is 0.00000126. The van der Waals surface area contributed by atoms with Crippen molar-refractivity contribution in [3.05, 3.63) is 53.3 Å². The third-order valence-corrected chi connectivity index (χ3v) is 4.35. The molecule has 1 aromatic carbocycles. The number of rotatable bonds is 4. The molecule has 1 aliphatic rings. The quantitative estimate of drug-likeness (QED) is 0.427. The predicted molar refractivity (Wildman–Crippen MR) is 95.6 cm³/mol. The number of halogens is 3. The van der Waals surface area contributed by atoms with Crippen LogP contribution in [0, 0.1) is 0 Å². The largest absolute Gasteiger partial charge is 0.416 e. The number of hydrazine groups is 1. The number of aromatic nitrogens is 2. The van der Waals surface area contributed by atoms with Crippen LogP contribution in [0.1, 0.15) is 54.6 Å². The van der Waals surface area contributed by atoms with E-state index < -0.39 is 23.2 Å². The predicted octanol–water partition coefficient (Wildman–Crippen LogP) is 3.62. The number of nitrogens with zero attached hydrogens (tertiary/aromatic N) is 2. The molecule has 1 fully saturated rings. The number of hydrogen-bond acceptors (Lipinski definition) is 5. The summed E-state index contributed by atoms with van der Waals surface area (Å²) in [7, 11) is 0. The molecule has 0 radical (unpaired) electrons. The van der Waals surface area contributed by atoms with E-state index >= 15 is 0 Å². The second-order valence-electron chi connectivity index (χ2n) is 5.91. The van der Waals surface area contributed by atoms with Crippen LogP contribution in [0.4, 0.5) is 19.1 Å². The number of anilines is 1. The van der Waals surface area contributed by atoms with Gasteiger partial charge >= 0.3 is 6.18 Å². The summed E-state index contributed by atoms with van der Waals surface area (Å²) in [4.78, 5) is 19.5. The van der Waals surface area contributed by atoms with Crippen LogP contribution in [0.25, 0.3) is 0 Å². The van der Waals surface area contributed by atoms with Gasteiger partial charge in [0, 0.05) is 12.4 Å². The van der Waals surface area contributed by atoms with Crippen LogP contribution in [-0.4, -0.2) is 15.9 Å². The van der Waals surface area contributed by atoms with Crippen molar-refractivity contribution < 1.29 is 18.0 Å². The molecule has 27 heavy (non-hydrogen) atoms. The lowest BCUT2D eigenvalue weighted by atomic mass is 9.71. The highest BCUT2D eigenvalue weighted by Gasteiger charge is 2.41. The van der Waals surface area contributed by atoms with Crippen LogP contribution < -0.4 is 16.6 Å². The van der Waals surface area contributed by atoms with Gasteiger partial charge in [0.05, 0.1) is 16.7 Å². The Morgan fingerprint density at radius 3 is 2.30 bits per heavy atom. The van der Waals surface area contributed by atoms with Gasteiger partial charge in [-0.05, 0) is 37.0 Å². The summed E-state index contributed by atoms with van der Waals surface area (Å²) in [6, 6.07) is 5.27. The van der Waals surface area contributed by atoms with Crippen LogP contribution >= 0.6 is 0 Å². The molecule has 1 aliphatic carbocycles. The van der Waals surface area contributed by atoms with E-state index in [2.05, 4.69) is 15.3 Å². The second-order valence-corrected chi connectivity index (χ2v) is 5.91. The first-order chi connectivity index (χ1) is 12.8. The van der Waals surface area contributed by atoms with Crippen LogP contribution in [0.3, 0.4) is 0 Å². The van der Waals surface area contributed by atoms with Crippen molar-refractivity contribution in [2.75, 3.05) is 5.32 Å². The van der Waals surface area contributed by atoms with E-state index in [1.54, 1.807) is 6.07 Å². The number of alkyl halides is 3. The number of hydrogen-bond donors (Lipinski definition) is 3. The van der Waals surface area contributed by atoms with Crippen LogP contribution in [0.15, 0.2) is 36.7 Å². The standard InChI is InChI=1S/C16H16F3N5O.C2H6/c17-16(18,19)12-4-1-3-11(7-12)15(5-2-6-15)23-14-21-8-10(9-22-14)13(25)24-20;1-2/h1,3-4,7-9H,2,5-6,20H2,(H,24,25)(H,21,22,23);1-2H3. The third kappa shape index (κ3) is 4.54. The molecule has 6 nitrogen and oxygen atoms in total. The number of amides is 1. The van der Waals surface area contributed by atoms with Gasteiger partial charge in [-0.2, -0.15) is 13.2 Å². The Bertz CT molecular complexity index is 773. The van der Waals surface area contributed by atoms with Crippen molar-refractivity contribution >= 4 is 11.9 Å². The maximum Gasteiger partial charge on any atom is 0.416 e. The molecule has 146 valence electrons. The topological polar surface area (TPSA) is 92.9 Å². The minimum Gasteiger partial charge on any atom is -0.345 e. The zero-order valence-corrected chi connectivity index (χ0v) is 15.1.